The summed E-state index contributed by atoms with van der Waals surface area (Å²) in [6, 6.07) is 9.39. The van der Waals surface area contributed by atoms with Gasteiger partial charge in [0.05, 0.1) is 0 Å². The van der Waals surface area contributed by atoms with Crippen molar-refractivity contribution < 1.29 is 4.79 Å². The summed E-state index contributed by atoms with van der Waals surface area (Å²) in [4.78, 5) is 14.0. The quantitative estimate of drug-likeness (QED) is 0.676. The highest BCUT2D eigenvalue weighted by molar-refractivity contribution is 5.85. The Morgan fingerprint density at radius 1 is 1.20 bits per heavy atom. The minimum atomic E-state index is -1.08. The fourth-order valence-corrected chi connectivity index (χ4v) is 2.26. The van der Waals surface area contributed by atoms with Gasteiger partial charge in [-0.25, -0.2) is 0 Å². The summed E-state index contributed by atoms with van der Waals surface area (Å²) < 4.78 is 0. The first-order chi connectivity index (χ1) is 9.50. The highest BCUT2D eigenvalue weighted by atomic mass is 16.1. The van der Waals surface area contributed by atoms with E-state index < -0.39 is 11.4 Å². The fraction of sp³-hybridized carbons (Fsp3) is 0.562. The molecule has 4 nitrogen and oxygen atoms in total. The van der Waals surface area contributed by atoms with Gasteiger partial charge >= 0.3 is 0 Å². The maximum atomic E-state index is 11.8. The van der Waals surface area contributed by atoms with Gasteiger partial charge in [0, 0.05) is 6.54 Å². The SMILES string of the molecule is CCCCCN(C)CCC(N)(C(N)=O)c1ccccc1. The van der Waals surface area contributed by atoms with Crippen LogP contribution in [-0.2, 0) is 10.3 Å². The van der Waals surface area contributed by atoms with Crippen LogP contribution in [0.15, 0.2) is 30.3 Å². The Morgan fingerprint density at radius 3 is 2.40 bits per heavy atom. The lowest BCUT2D eigenvalue weighted by atomic mass is 9.87. The number of carbonyl (C=O) groups excluding carboxylic acids is 1. The molecule has 0 aromatic heterocycles. The molecule has 0 saturated heterocycles. The van der Waals surface area contributed by atoms with Crippen molar-refractivity contribution in [3.63, 3.8) is 0 Å². The molecule has 0 spiro atoms. The van der Waals surface area contributed by atoms with E-state index in [1.54, 1.807) is 0 Å². The van der Waals surface area contributed by atoms with E-state index in [2.05, 4.69) is 18.9 Å². The van der Waals surface area contributed by atoms with E-state index in [0.29, 0.717) is 6.42 Å². The molecule has 0 aliphatic carbocycles. The van der Waals surface area contributed by atoms with Gasteiger partial charge < -0.3 is 16.4 Å². The number of primary amides is 1. The maximum Gasteiger partial charge on any atom is 0.242 e. The topological polar surface area (TPSA) is 72.3 Å². The highest BCUT2D eigenvalue weighted by Crippen LogP contribution is 2.22. The highest BCUT2D eigenvalue weighted by Gasteiger charge is 2.33. The van der Waals surface area contributed by atoms with Gasteiger partial charge in [0.2, 0.25) is 5.91 Å². The predicted octanol–water partition coefficient (Wildman–Crippen LogP) is 1.84. The number of hydrogen-bond acceptors (Lipinski definition) is 3. The second-order valence-corrected chi connectivity index (χ2v) is 5.46. The van der Waals surface area contributed by atoms with Crippen molar-refractivity contribution >= 4 is 5.91 Å². The molecule has 1 aromatic rings. The number of carbonyl (C=O) groups is 1. The lowest BCUT2D eigenvalue weighted by Crippen LogP contribution is -2.50. The van der Waals surface area contributed by atoms with E-state index in [0.717, 1.165) is 18.7 Å². The van der Waals surface area contributed by atoms with Gasteiger partial charge in [0.1, 0.15) is 5.54 Å². The van der Waals surface area contributed by atoms with Crippen LogP contribution < -0.4 is 11.5 Å². The van der Waals surface area contributed by atoms with Crippen molar-refractivity contribution in [1.29, 1.82) is 0 Å². The van der Waals surface area contributed by atoms with Crippen LogP contribution in [0.1, 0.15) is 38.2 Å². The number of benzene rings is 1. The Labute approximate surface area is 122 Å². The summed E-state index contributed by atoms with van der Waals surface area (Å²) in [5, 5.41) is 0. The van der Waals surface area contributed by atoms with Crippen LogP contribution in [0.5, 0.6) is 0 Å². The molecule has 4 N–H and O–H groups in total. The van der Waals surface area contributed by atoms with Crippen LogP contribution in [0.25, 0.3) is 0 Å². The molecule has 4 heteroatoms. The molecule has 0 heterocycles. The Balaban J connectivity index is 2.62. The average Bonchev–Trinajstić information content (AvgIpc) is 2.45. The minimum absolute atomic E-state index is 0.467. The molecule has 20 heavy (non-hydrogen) atoms. The van der Waals surface area contributed by atoms with Crippen LogP contribution in [0.3, 0.4) is 0 Å². The van der Waals surface area contributed by atoms with Crippen molar-refractivity contribution in [2.24, 2.45) is 11.5 Å². The Bertz CT molecular complexity index is 407. The normalized spacial score (nSPS) is 14.2. The Kier molecular flexibility index (Phi) is 6.68. The van der Waals surface area contributed by atoms with Crippen molar-refractivity contribution in [2.45, 2.75) is 38.1 Å². The van der Waals surface area contributed by atoms with Crippen LogP contribution in [0.4, 0.5) is 0 Å². The van der Waals surface area contributed by atoms with Crippen LogP contribution in [-0.4, -0.2) is 30.9 Å². The molecule has 0 bridgehead atoms. The predicted molar refractivity (Wildman–Crippen MR) is 83.1 cm³/mol. The lowest BCUT2D eigenvalue weighted by molar-refractivity contribution is -0.123. The monoisotopic (exact) mass is 277 g/mol. The average molecular weight is 277 g/mol. The molecule has 1 aromatic carbocycles. The molecule has 0 radical (unpaired) electrons. The number of hydrogen-bond donors (Lipinski definition) is 2. The second kappa shape index (κ2) is 8.02. The second-order valence-electron chi connectivity index (χ2n) is 5.46. The smallest absolute Gasteiger partial charge is 0.242 e. The van der Waals surface area contributed by atoms with Crippen LogP contribution in [0.2, 0.25) is 0 Å². The van der Waals surface area contributed by atoms with E-state index in [9.17, 15) is 4.79 Å². The summed E-state index contributed by atoms with van der Waals surface area (Å²) in [5.41, 5.74) is 11.5. The summed E-state index contributed by atoms with van der Waals surface area (Å²) in [7, 11) is 2.06. The summed E-state index contributed by atoms with van der Waals surface area (Å²) in [6.45, 7) is 3.98. The summed E-state index contributed by atoms with van der Waals surface area (Å²) >= 11 is 0. The molecule has 112 valence electrons. The maximum absolute atomic E-state index is 11.8. The van der Waals surface area contributed by atoms with Crippen LogP contribution >= 0.6 is 0 Å². The molecule has 1 unspecified atom stereocenters. The number of nitrogens with two attached hydrogens (primary N) is 2. The standard InChI is InChI=1S/C16H27N3O/c1-3-4-8-12-19(2)13-11-16(18,15(17)20)14-9-6-5-7-10-14/h5-7,9-10H,3-4,8,11-13,18H2,1-2H3,(H2,17,20). The number of nitrogens with zero attached hydrogens (tertiary/aromatic N) is 1. The fourth-order valence-electron chi connectivity index (χ4n) is 2.26. The molecule has 1 amide bonds. The molecular formula is C16H27N3O. The number of unbranched alkanes of at least 4 members (excludes halogenated alkanes) is 2. The molecule has 0 aliphatic heterocycles. The van der Waals surface area contributed by atoms with E-state index in [4.69, 9.17) is 11.5 Å². The zero-order valence-electron chi connectivity index (χ0n) is 12.6. The third-order valence-corrected chi connectivity index (χ3v) is 3.76. The number of rotatable bonds is 9. The van der Waals surface area contributed by atoms with Crippen molar-refractivity contribution in [3.8, 4) is 0 Å². The van der Waals surface area contributed by atoms with Crippen molar-refractivity contribution in [2.75, 3.05) is 20.1 Å². The van der Waals surface area contributed by atoms with Gasteiger partial charge in [-0.2, -0.15) is 0 Å². The van der Waals surface area contributed by atoms with Gasteiger partial charge in [0.25, 0.3) is 0 Å². The third-order valence-electron chi connectivity index (χ3n) is 3.76. The first kappa shape index (κ1) is 16.7. The lowest BCUT2D eigenvalue weighted by Gasteiger charge is -2.29. The van der Waals surface area contributed by atoms with E-state index in [1.165, 1.54) is 19.3 Å². The molecule has 1 rings (SSSR count). The molecular weight excluding hydrogens is 250 g/mol. The number of amides is 1. The molecule has 0 fully saturated rings. The van der Waals surface area contributed by atoms with Crippen molar-refractivity contribution in [1.82, 2.24) is 4.90 Å². The van der Waals surface area contributed by atoms with Crippen LogP contribution in [0, 0.1) is 0 Å². The van der Waals surface area contributed by atoms with Gasteiger partial charge in [-0.3, -0.25) is 4.79 Å². The van der Waals surface area contributed by atoms with E-state index >= 15 is 0 Å². The Morgan fingerprint density at radius 2 is 1.85 bits per heavy atom. The summed E-state index contributed by atoms with van der Waals surface area (Å²) in [5.74, 6) is -0.467. The third kappa shape index (κ3) is 4.62. The molecule has 0 aliphatic rings. The van der Waals surface area contributed by atoms with E-state index in [-0.39, 0.29) is 0 Å². The summed E-state index contributed by atoms with van der Waals surface area (Å²) in [6.07, 6.45) is 4.15. The molecule has 0 saturated carbocycles. The van der Waals surface area contributed by atoms with E-state index in [1.807, 2.05) is 30.3 Å². The zero-order valence-corrected chi connectivity index (χ0v) is 12.6. The van der Waals surface area contributed by atoms with Gasteiger partial charge in [-0.1, -0.05) is 50.1 Å². The molecule has 1 atom stereocenters. The first-order valence-electron chi connectivity index (χ1n) is 7.33. The first-order valence-corrected chi connectivity index (χ1v) is 7.33. The Hall–Kier alpha value is -1.39. The van der Waals surface area contributed by atoms with Gasteiger partial charge in [-0.05, 0) is 32.0 Å². The largest absolute Gasteiger partial charge is 0.368 e. The minimum Gasteiger partial charge on any atom is -0.368 e. The van der Waals surface area contributed by atoms with Gasteiger partial charge in [-0.15, -0.1) is 0 Å². The van der Waals surface area contributed by atoms with Gasteiger partial charge in [0.15, 0.2) is 0 Å². The zero-order chi connectivity index (χ0) is 15.0. The van der Waals surface area contributed by atoms with Crippen molar-refractivity contribution in [3.05, 3.63) is 35.9 Å².